The number of ether oxygens (including phenoxy) is 1. The first kappa shape index (κ1) is 15.7. The van der Waals surface area contributed by atoms with Crippen LogP contribution in [0.2, 0.25) is 0 Å². The van der Waals surface area contributed by atoms with Gasteiger partial charge in [0.25, 0.3) is 0 Å². The molecule has 0 aromatic heterocycles. The van der Waals surface area contributed by atoms with Crippen LogP contribution in [0.25, 0.3) is 0 Å². The van der Waals surface area contributed by atoms with E-state index in [1.807, 2.05) is 0 Å². The van der Waals surface area contributed by atoms with E-state index >= 15 is 0 Å². The van der Waals surface area contributed by atoms with Gasteiger partial charge in [0.2, 0.25) is 17.7 Å². The Morgan fingerprint density at radius 1 is 1.43 bits per heavy atom. The lowest BCUT2D eigenvalue weighted by Crippen LogP contribution is -2.61. The maximum Gasteiger partial charge on any atom is 0.248 e. The topological polar surface area (TPSA) is 99.8 Å². The number of hydrogen-bond donors (Lipinski definition) is 3. The zero-order chi connectivity index (χ0) is 15.2. The number of nitrogens with one attached hydrogen (secondary N) is 3. The molecular weight excluding hydrogens is 276 g/mol. The van der Waals surface area contributed by atoms with E-state index in [-0.39, 0.29) is 24.3 Å². The summed E-state index contributed by atoms with van der Waals surface area (Å²) in [5.41, 5.74) is 0. The van der Waals surface area contributed by atoms with Crippen LogP contribution in [0.5, 0.6) is 0 Å². The van der Waals surface area contributed by atoms with E-state index < -0.39 is 12.1 Å². The number of nitrogens with zero attached hydrogens (tertiary/aromatic N) is 1. The molecule has 2 saturated heterocycles. The molecule has 8 heteroatoms. The van der Waals surface area contributed by atoms with Crippen molar-refractivity contribution in [1.82, 2.24) is 20.9 Å². The Bertz CT molecular complexity index is 415. The van der Waals surface area contributed by atoms with E-state index in [1.165, 1.54) is 7.11 Å². The zero-order valence-electron chi connectivity index (χ0n) is 12.2. The smallest absolute Gasteiger partial charge is 0.248 e. The molecule has 0 radical (unpaired) electrons. The molecule has 3 amide bonds. The zero-order valence-corrected chi connectivity index (χ0v) is 12.2. The second-order valence-electron chi connectivity index (χ2n) is 5.27. The molecule has 3 N–H and O–H groups in total. The maximum absolute atomic E-state index is 12.2. The molecule has 0 aromatic rings. The quantitative estimate of drug-likeness (QED) is 0.548. The summed E-state index contributed by atoms with van der Waals surface area (Å²) in [6.45, 7) is 2.06. The lowest BCUT2D eigenvalue weighted by molar-refractivity contribution is -0.138. The average molecular weight is 298 g/mol. The molecule has 2 aliphatic rings. The summed E-state index contributed by atoms with van der Waals surface area (Å²) in [5, 5.41) is 8.55. The molecule has 0 spiro atoms. The average Bonchev–Trinajstić information content (AvgIpc) is 2.50. The van der Waals surface area contributed by atoms with Gasteiger partial charge in [-0.2, -0.15) is 0 Å². The molecule has 8 nitrogen and oxygen atoms in total. The minimum absolute atomic E-state index is 0.0133. The Kier molecular flexibility index (Phi) is 5.51. The van der Waals surface area contributed by atoms with Crippen molar-refractivity contribution in [3.8, 4) is 0 Å². The van der Waals surface area contributed by atoms with Gasteiger partial charge >= 0.3 is 0 Å². The second kappa shape index (κ2) is 7.37. The Morgan fingerprint density at radius 3 is 2.95 bits per heavy atom. The SMILES string of the molecule is COCC(=O)N1CCNC(C(=O)NC2CCCNC2=O)C1. The van der Waals surface area contributed by atoms with Gasteiger partial charge in [-0.1, -0.05) is 0 Å². The molecule has 0 aliphatic carbocycles. The molecule has 0 saturated carbocycles. The van der Waals surface area contributed by atoms with Crippen LogP contribution in [-0.2, 0) is 19.1 Å². The highest BCUT2D eigenvalue weighted by Gasteiger charge is 2.31. The van der Waals surface area contributed by atoms with E-state index in [4.69, 9.17) is 4.74 Å². The number of hydrogen-bond acceptors (Lipinski definition) is 5. The van der Waals surface area contributed by atoms with Gasteiger partial charge in [0.05, 0.1) is 0 Å². The standard InChI is InChI=1S/C13H22N4O4/c1-21-8-11(18)17-6-5-14-10(7-17)13(20)16-9-3-2-4-15-12(9)19/h9-10,14H,2-8H2,1H3,(H,15,19)(H,16,20). The number of methoxy groups -OCH3 is 1. The Balaban J connectivity index is 1.86. The van der Waals surface area contributed by atoms with E-state index in [1.54, 1.807) is 4.90 Å². The van der Waals surface area contributed by atoms with Crippen molar-refractivity contribution in [2.24, 2.45) is 0 Å². The van der Waals surface area contributed by atoms with Gasteiger partial charge < -0.3 is 25.6 Å². The summed E-state index contributed by atoms with van der Waals surface area (Å²) in [5.74, 6) is -0.517. The summed E-state index contributed by atoms with van der Waals surface area (Å²) in [7, 11) is 1.46. The third kappa shape index (κ3) is 4.15. The summed E-state index contributed by atoms with van der Waals surface area (Å²) < 4.78 is 4.82. The van der Waals surface area contributed by atoms with Crippen molar-refractivity contribution >= 4 is 17.7 Å². The lowest BCUT2D eigenvalue weighted by atomic mass is 10.1. The second-order valence-corrected chi connectivity index (χ2v) is 5.27. The van der Waals surface area contributed by atoms with Crippen LogP contribution >= 0.6 is 0 Å². The largest absolute Gasteiger partial charge is 0.375 e. The maximum atomic E-state index is 12.2. The van der Waals surface area contributed by atoms with Crippen molar-refractivity contribution in [3.05, 3.63) is 0 Å². The van der Waals surface area contributed by atoms with Crippen molar-refractivity contribution < 1.29 is 19.1 Å². The molecular formula is C13H22N4O4. The highest BCUT2D eigenvalue weighted by Crippen LogP contribution is 2.05. The fourth-order valence-corrected chi connectivity index (χ4v) is 2.55. The highest BCUT2D eigenvalue weighted by molar-refractivity contribution is 5.90. The third-order valence-electron chi connectivity index (χ3n) is 3.71. The normalized spacial score (nSPS) is 26.1. The monoisotopic (exact) mass is 298 g/mol. The van der Waals surface area contributed by atoms with Crippen LogP contribution in [0.3, 0.4) is 0 Å². The summed E-state index contributed by atoms with van der Waals surface area (Å²) in [6.07, 6.45) is 1.50. The van der Waals surface area contributed by atoms with Crippen molar-refractivity contribution in [3.63, 3.8) is 0 Å². The van der Waals surface area contributed by atoms with E-state index in [2.05, 4.69) is 16.0 Å². The third-order valence-corrected chi connectivity index (χ3v) is 3.71. The van der Waals surface area contributed by atoms with Gasteiger partial charge in [-0.25, -0.2) is 0 Å². The highest BCUT2D eigenvalue weighted by atomic mass is 16.5. The minimum Gasteiger partial charge on any atom is -0.375 e. The number of piperazine rings is 1. The Morgan fingerprint density at radius 2 is 2.24 bits per heavy atom. The molecule has 0 aromatic carbocycles. The van der Waals surface area contributed by atoms with Crippen molar-refractivity contribution in [1.29, 1.82) is 0 Å². The molecule has 2 unspecified atom stereocenters. The van der Waals surface area contributed by atoms with Crippen LogP contribution in [0.1, 0.15) is 12.8 Å². The fourth-order valence-electron chi connectivity index (χ4n) is 2.55. The predicted octanol–water partition coefficient (Wildman–Crippen LogP) is -2.17. The Hall–Kier alpha value is -1.67. The first-order valence-corrected chi connectivity index (χ1v) is 7.20. The minimum atomic E-state index is -0.491. The van der Waals surface area contributed by atoms with E-state index in [9.17, 15) is 14.4 Å². The molecule has 2 aliphatic heterocycles. The number of rotatable bonds is 4. The van der Waals surface area contributed by atoms with Crippen LogP contribution in [0, 0.1) is 0 Å². The number of amides is 3. The molecule has 0 bridgehead atoms. The van der Waals surface area contributed by atoms with Crippen LogP contribution < -0.4 is 16.0 Å². The van der Waals surface area contributed by atoms with Crippen LogP contribution in [0.4, 0.5) is 0 Å². The molecule has 2 atom stereocenters. The van der Waals surface area contributed by atoms with Gasteiger partial charge in [0.1, 0.15) is 18.7 Å². The van der Waals surface area contributed by atoms with E-state index in [0.29, 0.717) is 32.6 Å². The summed E-state index contributed by atoms with van der Waals surface area (Å²) in [4.78, 5) is 37.2. The van der Waals surface area contributed by atoms with Crippen molar-refractivity contribution in [2.75, 3.05) is 39.9 Å². The summed E-state index contributed by atoms with van der Waals surface area (Å²) in [6, 6.07) is -0.965. The molecule has 2 fully saturated rings. The number of carbonyl (C=O) groups is 3. The van der Waals surface area contributed by atoms with E-state index in [0.717, 1.165) is 6.42 Å². The van der Waals surface area contributed by atoms with Gasteiger partial charge in [-0.15, -0.1) is 0 Å². The summed E-state index contributed by atoms with van der Waals surface area (Å²) >= 11 is 0. The van der Waals surface area contributed by atoms with Gasteiger partial charge in [0, 0.05) is 33.3 Å². The van der Waals surface area contributed by atoms with Crippen LogP contribution in [0.15, 0.2) is 0 Å². The molecule has 21 heavy (non-hydrogen) atoms. The predicted molar refractivity (Wildman–Crippen MR) is 74.4 cm³/mol. The lowest BCUT2D eigenvalue weighted by Gasteiger charge is -2.34. The van der Waals surface area contributed by atoms with Gasteiger partial charge in [-0.3, -0.25) is 14.4 Å². The Labute approximate surface area is 123 Å². The number of carbonyl (C=O) groups excluding carboxylic acids is 3. The van der Waals surface area contributed by atoms with Crippen molar-refractivity contribution in [2.45, 2.75) is 24.9 Å². The first-order valence-electron chi connectivity index (χ1n) is 7.20. The fraction of sp³-hybridized carbons (Fsp3) is 0.769. The molecule has 2 heterocycles. The van der Waals surface area contributed by atoms with Crippen LogP contribution in [-0.4, -0.2) is 74.6 Å². The molecule has 2 rings (SSSR count). The van der Waals surface area contributed by atoms with Gasteiger partial charge in [0.15, 0.2) is 0 Å². The first-order chi connectivity index (χ1) is 10.1. The number of piperidine rings is 1. The van der Waals surface area contributed by atoms with Gasteiger partial charge in [-0.05, 0) is 12.8 Å². The molecule has 118 valence electrons.